The van der Waals surface area contributed by atoms with Gasteiger partial charge < -0.3 is 21.1 Å². The summed E-state index contributed by atoms with van der Waals surface area (Å²) in [6.45, 7) is 3.77. The molecule has 1 atom stereocenters. The van der Waals surface area contributed by atoms with Gasteiger partial charge in [0, 0.05) is 11.9 Å². The number of rotatable bonds is 7. The normalized spacial score (nSPS) is 11.9. The number of carbonyl (C=O) groups is 2. The van der Waals surface area contributed by atoms with Gasteiger partial charge in [-0.2, -0.15) is 5.10 Å². The van der Waals surface area contributed by atoms with Gasteiger partial charge in [-0.15, -0.1) is 0 Å². The van der Waals surface area contributed by atoms with Crippen molar-refractivity contribution in [3.8, 4) is 5.75 Å². The number of amides is 2. The highest BCUT2D eigenvalue weighted by molar-refractivity contribution is 5.94. The Hall–Kier alpha value is -2.87. The molecule has 0 aliphatic heterocycles. The van der Waals surface area contributed by atoms with Crippen molar-refractivity contribution in [2.45, 2.75) is 26.4 Å². The molecule has 1 aromatic carbocycles. The molecule has 0 fully saturated rings. The molecule has 8 heteroatoms. The third-order valence-corrected chi connectivity index (χ3v) is 3.60. The Morgan fingerprint density at radius 2 is 1.88 bits per heavy atom. The summed E-state index contributed by atoms with van der Waals surface area (Å²) in [4.78, 5) is 24.0. The fourth-order valence-electron chi connectivity index (χ4n) is 2.06. The minimum absolute atomic E-state index is 0.0259. The van der Waals surface area contributed by atoms with E-state index < -0.39 is 6.04 Å². The summed E-state index contributed by atoms with van der Waals surface area (Å²) in [6.07, 6.45) is 3.06. The van der Waals surface area contributed by atoms with Gasteiger partial charge in [-0.1, -0.05) is 13.8 Å². The van der Waals surface area contributed by atoms with Crippen LogP contribution in [0.1, 0.15) is 13.8 Å². The fourth-order valence-corrected chi connectivity index (χ4v) is 2.06. The maximum Gasteiger partial charge on any atom is 0.246 e. The van der Waals surface area contributed by atoms with Crippen LogP contribution in [0.5, 0.6) is 5.75 Å². The quantitative estimate of drug-likeness (QED) is 0.703. The molecule has 1 aromatic heterocycles. The van der Waals surface area contributed by atoms with E-state index in [1.165, 1.54) is 10.9 Å². The van der Waals surface area contributed by atoms with Gasteiger partial charge in [0.15, 0.2) is 0 Å². The molecule has 8 nitrogen and oxygen atoms in total. The van der Waals surface area contributed by atoms with E-state index in [-0.39, 0.29) is 24.3 Å². The van der Waals surface area contributed by atoms with Gasteiger partial charge in [-0.3, -0.25) is 14.3 Å². The second-order valence-corrected chi connectivity index (χ2v) is 5.96. The van der Waals surface area contributed by atoms with E-state index >= 15 is 0 Å². The predicted molar refractivity (Wildman–Crippen MR) is 95.3 cm³/mol. The molecule has 2 amide bonds. The Morgan fingerprint density at radius 3 is 2.48 bits per heavy atom. The van der Waals surface area contributed by atoms with E-state index in [1.54, 1.807) is 37.6 Å². The molecule has 134 valence electrons. The number of hydrogen-bond acceptors (Lipinski definition) is 5. The molecular formula is C17H23N5O3. The summed E-state index contributed by atoms with van der Waals surface area (Å²) in [6, 6.07) is 6.42. The van der Waals surface area contributed by atoms with Crippen LogP contribution in [0.15, 0.2) is 36.7 Å². The van der Waals surface area contributed by atoms with Crippen molar-refractivity contribution in [3.63, 3.8) is 0 Å². The molecule has 1 heterocycles. The molecule has 0 aliphatic rings. The lowest BCUT2D eigenvalue weighted by Crippen LogP contribution is -2.39. The van der Waals surface area contributed by atoms with E-state index in [0.29, 0.717) is 17.1 Å². The predicted octanol–water partition coefficient (Wildman–Crippen LogP) is 1.45. The van der Waals surface area contributed by atoms with E-state index in [4.69, 9.17) is 10.5 Å². The van der Waals surface area contributed by atoms with Crippen LogP contribution in [0.2, 0.25) is 0 Å². The first-order chi connectivity index (χ1) is 11.9. The summed E-state index contributed by atoms with van der Waals surface area (Å²) in [5.41, 5.74) is 6.95. The average Bonchev–Trinajstić information content (AvgIpc) is 3.01. The molecule has 0 saturated heterocycles. The Balaban J connectivity index is 1.89. The molecule has 0 radical (unpaired) electrons. The van der Waals surface area contributed by atoms with Crippen LogP contribution in [0.25, 0.3) is 0 Å². The number of methoxy groups -OCH3 is 1. The van der Waals surface area contributed by atoms with Crippen molar-refractivity contribution in [2.75, 3.05) is 17.7 Å². The maximum atomic E-state index is 12.1. The summed E-state index contributed by atoms with van der Waals surface area (Å²) >= 11 is 0. The number of ether oxygens (including phenoxy) is 1. The molecule has 25 heavy (non-hydrogen) atoms. The van der Waals surface area contributed by atoms with Gasteiger partial charge in [0.05, 0.1) is 25.0 Å². The largest absolute Gasteiger partial charge is 0.497 e. The van der Waals surface area contributed by atoms with Crippen LogP contribution in [0, 0.1) is 5.92 Å². The minimum atomic E-state index is -0.596. The van der Waals surface area contributed by atoms with Crippen LogP contribution < -0.4 is 21.1 Å². The van der Waals surface area contributed by atoms with Gasteiger partial charge in [0.25, 0.3) is 0 Å². The highest BCUT2D eigenvalue weighted by Gasteiger charge is 2.17. The van der Waals surface area contributed by atoms with Gasteiger partial charge in [0.1, 0.15) is 12.3 Å². The second-order valence-electron chi connectivity index (χ2n) is 5.96. The van der Waals surface area contributed by atoms with E-state index in [0.717, 1.165) is 0 Å². The zero-order valence-corrected chi connectivity index (χ0v) is 14.5. The number of anilines is 2. The number of benzene rings is 1. The van der Waals surface area contributed by atoms with Crippen molar-refractivity contribution < 1.29 is 14.3 Å². The Bertz CT molecular complexity index is 724. The van der Waals surface area contributed by atoms with Crippen molar-refractivity contribution in [1.29, 1.82) is 0 Å². The van der Waals surface area contributed by atoms with Crippen molar-refractivity contribution in [3.05, 3.63) is 36.7 Å². The number of nitrogens with zero attached hydrogens (tertiary/aromatic N) is 2. The molecule has 0 unspecified atom stereocenters. The number of aromatic nitrogens is 2. The van der Waals surface area contributed by atoms with Crippen LogP contribution in [-0.4, -0.2) is 34.7 Å². The zero-order chi connectivity index (χ0) is 18.4. The molecule has 0 bridgehead atoms. The Morgan fingerprint density at radius 1 is 1.20 bits per heavy atom. The van der Waals surface area contributed by atoms with Crippen LogP contribution >= 0.6 is 0 Å². The lowest BCUT2D eigenvalue weighted by Gasteiger charge is -2.14. The van der Waals surface area contributed by atoms with Gasteiger partial charge in [-0.05, 0) is 30.2 Å². The summed E-state index contributed by atoms with van der Waals surface area (Å²) in [7, 11) is 1.58. The summed E-state index contributed by atoms with van der Waals surface area (Å²) in [5, 5.41) is 9.51. The van der Waals surface area contributed by atoms with E-state index in [9.17, 15) is 9.59 Å². The first-order valence-corrected chi connectivity index (χ1v) is 7.92. The lowest BCUT2D eigenvalue weighted by atomic mass is 10.1. The molecule has 2 aromatic rings. The number of nitrogens with one attached hydrogen (secondary N) is 2. The average molecular weight is 345 g/mol. The van der Waals surface area contributed by atoms with Crippen LogP contribution in [-0.2, 0) is 16.1 Å². The molecule has 0 spiro atoms. The van der Waals surface area contributed by atoms with Crippen LogP contribution in [0.4, 0.5) is 11.4 Å². The first-order valence-electron chi connectivity index (χ1n) is 7.92. The minimum Gasteiger partial charge on any atom is -0.497 e. The number of carbonyl (C=O) groups excluding carboxylic acids is 2. The number of nitrogens with two attached hydrogens (primary N) is 1. The molecule has 2 rings (SSSR count). The van der Waals surface area contributed by atoms with Gasteiger partial charge in [0.2, 0.25) is 11.8 Å². The van der Waals surface area contributed by atoms with Gasteiger partial charge in [-0.25, -0.2) is 0 Å². The Labute approximate surface area is 146 Å². The maximum absolute atomic E-state index is 12.1. The monoisotopic (exact) mass is 345 g/mol. The van der Waals surface area contributed by atoms with Crippen molar-refractivity contribution in [1.82, 2.24) is 9.78 Å². The molecule has 4 N–H and O–H groups in total. The smallest absolute Gasteiger partial charge is 0.246 e. The lowest BCUT2D eigenvalue weighted by molar-refractivity contribution is -0.118. The third kappa shape index (κ3) is 5.32. The molecule has 0 aliphatic carbocycles. The molecule has 0 saturated carbocycles. The SMILES string of the molecule is COc1ccc(NC(=O)Cn2cc(NC(=O)[C@@H](N)C(C)C)cn2)cc1. The summed E-state index contributed by atoms with van der Waals surface area (Å²) < 4.78 is 6.51. The van der Waals surface area contributed by atoms with E-state index in [1.807, 2.05) is 13.8 Å². The van der Waals surface area contributed by atoms with Crippen molar-refractivity contribution >= 4 is 23.2 Å². The Kier molecular flexibility index (Phi) is 6.13. The standard InChI is InChI=1S/C17H23N5O3/c1-11(2)16(18)17(24)21-13-8-19-22(9-13)10-15(23)20-12-4-6-14(25-3)7-5-12/h4-9,11,16H,10,18H2,1-3H3,(H,20,23)(H,21,24)/t16-/m0/s1. The highest BCUT2D eigenvalue weighted by Crippen LogP contribution is 2.15. The van der Waals surface area contributed by atoms with Crippen LogP contribution in [0.3, 0.4) is 0 Å². The first kappa shape index (κ1) is 18.5. The van der Waals surface area contributed by atoms with Crippen molar-refractivity contribution in [2.24, 2.45) is 11.7 Å². The number of hydrogen-bond donors (Lipinski definition) is 3. The highest BCUT2D eigenvalue weighted by atomic mass is 16.5. The van der Waals surface area contributed by atoms with E-state index in [2.05, 4.69) is 15.7 Å². The fraction of sp³-hybridized carbons (Fsp3) is 0.353. The second kappa shape index (κ2) is 8.29. The molecular weight excluding hydrogens is 322 g/mol. The third-order valence-electron chi connectivity index (χ3n) is 3.60. The van der Waals surface area contributed by atoms with Gasteiger partial charge >= 0.3 is 0 Å². The summed E-state index contributed by atoms with van der Waals surface area (Å²) in [5.74, 6) is 0.234. The zero-order valence-electron chi connectivity index (χ0n) is 14.5. The topological polar surface area (TPSA) is 111 Å².